The molecule has 3 nitrogen and oxygen atoms in total. The Kier molecular flexibility index (Phi) is 4.89. The molecule has 8 aromatic rings. The number of benzene rings is 6. The highest BCUT2D eigenvalue weighted by Gasteiger charge is 2.19. The maximum atomic E-state index is 9.43. The zero-order chi connectivity index (χ0) is 26.6. The lowest BCUT2D eigenvalue weighted by molar-refractivity contribution is 1.17. The van der Waals surface area contributed by atoms with Gasteiger partial charge in [-0.3, -0.25) is 0 Å². The van der Waals surface area contributed by atoms with E-state index in [0.717, 1.165) is 27.8 Å². The Morgan fingerprint density at radius 3 is 1.70 bits per heavy atom. The molecule has 0 aliphatic heterocycles. The smallest absolute Gasteiger partial charge is 0.0991 e. The minimum absolute atomic E-state index is 0.663. The molecule has 0 aliphatic carbocycles. The monoisotopic (exact) mass is 509 g/mol. The molecule has 0 aliphatic rings. The van der Waals surface area contributed by atoms with Crippen molar-refractivity contribution >= 4 is 43.6 Å². The maximum Gasteiger partial charge on any atom is 0.0991 e. The normalized spacial score (nSPS) is 11.5. The van der Waals surface area contributed by atoms with Crippen LogP contribution in [0.5, 0.6) is 0 Å². The van der Waals surface area contributed by atoms with E-state index in [2.05, 4.69) is 137 Å². The Morgan fingerprint density at radius 2 is 1.00 bits per heavy atom. The van der Waals surface area contributed by atoms with Crippen molar-refractivity contribution in [3.05, 3.63) is 145 Å². The fraction of sp³-hybridized carbons (Fsp3) is 0. The third kappa shape index (κ3) is 3.24. The summed E-state index contributed by atoms with van der Waals surface area (Å²) in [5.41, 5.74) is 9.76. The lowest BCUT2D eigenvalue weighted by Gasteiger charge is -2.12. The molecular formula is C37H23N3. The SMILES string of the molecule is N#Cc1cccc(-c2cccc(-n3c4ccccc4c4c(-n5c6ccccc6c6ccccc65)cccc43)c2)c1. The van der Waals surface area contributed by atoms with Crippen LogP contribution in [0.4, 0.5) is 0 Å². The molecule has 2 heterocycles. The van der Waals surface area contributed by atoms with E-state index in [9.17, 15) is 5.26 Å². The highest BCUT2D eigenvalue weighted by atomic mass is 15.0. The number of nitriles is 1. The highest BCUT2D eigenvalue weighted by Crippen LogP contribution is 2.40. The van der Waals surface area contributed by atoms with E-state index in [-0.39, 0.29) is 0 Å². The average molecular weight is 510 g/mol. The minimum Gasteiger partial charge on any atom is -0.309 e. The molecule has 0 radical (unpaired) electrons. The van der Waals surface area contributed by atoms with Gasteiger partial charge in [-0.2, -0.15) is 5.26 Å². The van der Waals surface area contributed by atoms with Gasteiger partial charge in [0, 0.05) is 27.2 Å². The Morgan fingerprint density at radius 1 is 0.450 bits per heavy atom. The van der Waals surface area contributed by atoms with Crippen LogP contribution in [0.1, 0.15) is 5.56 Å². The van der Waals surface area contributed by atoms with Crippen molar-refractivity contribution in [3.8, 4) is 28.6 Å². The van der Waals surface area contributed by atoms with Gasteiger partial charge in [0.2, 0.25) is 0 Å². The molecule has 0 fully saturated rings. The van der Waals surface area contributed by atoms with Crippen molar-refractivity contribution < 1.29 is 0 Å². The van der Waals surface area contributed by atoms with Crippen LogP contribution in [0.25, 0.3) is 66.1 Å². The standard InChI is InChI=1S/C37H23N3/c38-24-25-10-7-11-26(22-25)27-12-8-13-28(23-27)39-34-19-6-3-16-31(34)37-35(39)20-9-21-36(37)40-32-17-4-1-14-29(32)30-15-2-5-18-33(30)40/h1-23H. The third-order valence-corrected chi connectivity index (χ3v) is 7.93. The Labute approximate surface area is 231 Å². The van der Waals surface area contributed by atoms with Crippen LogP contribution in [0.15, 0.2) is 140 Å². The van der Waals surface area contributed by atoms with Gasteiger partial charge in [0.15, 0.2) is 0 Å². The van der Waals surface area contributed by atoms with Crippen molar-refractivity contribution in [2.75, 3.05) is 0 Å². The van der Waals surface area contributed by atoms with Gasteiger partial charge in [0.25, 0.3) is 0 Å². The van der Waals surface area contributed by atoms with Gasteiger partial charge in [-0.25, -0.2) is 0 Å². The maximum absolute atomic E-state index is 9.43. The number of aromatic nitrogens is 2. The second kappa shape index (κ2) is 8.73. The molecule has 0 saturated carbocycles. The first kappa shape index (κ1) is 22.4. The summed E-state index contributed by atoms with van der Waals surface area (Å²) in [5, 5.41) is 14.4. The van der Waals surface area contributed by atoms with Crippen molar-refractivity contribution in [1.29, 1.82) is 5.26 Å². The number of fused-ring (bicyclic) bond motifs is 6. The highest BCUT2D eigenvalue weighted by molar-refractivity contribution is 6.16. The van der Waals surface area contributed by atoms with E-state index in [1.165, 1.54) is 38.3 Å². The van der Waals surface area contributed by atoms with Gasteiger partial charge in [-0.05, 0) is 65.7 Å². The first-order valence-electron chi connectivity index (χ1n) is 13.4. The molecule has 40 heavy (non-hydrogen) atoms. The first-order chi connectivity index (χ1) is 19.8. The predicted octanol–water partition coefficient (Wildman–Crippen LogP) is 9.42. The molecule has 186 valence electrons. The Bertz CT molecular complexity index is 2240. The van der Waals surface area contributed by atoms with Gasteiger partial charge >= 0.3 is 0 Å². The molecular weight excluding hydrogens is 486 g/mol. The molecule has 2 aromatic heterocycles. The molecule has 3 heteroatoms. The molecule has 0 N–H and O–H groups in total. The molecule has 8 rings (SSSR count). The van der Waals surface area contributed by atoms with Gasteiger partial charge in [-0.15, -0.1) is 0 Å². The van der Waals surface area contributed by atoms with Crippen LogP contribution in [0, 0.1) is 11.3 Å². The largest absolute Gasteiger partial charge is 0.309 e. The lowest BCUT2D eigenvalue weighted by Crippen LogP contribution is -1.97. The van der Waals surface area contributed by atoms with Gasteiger partial charge in [0.1, 0.15) is 0 Å². The number of rotatable bonds is 3. The van der Waals surface area contributed by atoms with Crippen LogP contribution in [-0.4, -0.2) is 9.13 Å². The summed E-state index contributed by atoms with van der Waals surface area (Å²) < 4.78 is 4.77. The van der Waals surface area contributed by atoms with Crippen LogP contribution in [0.3, 0.4) is 0 Å². The van der Waals surface area contributed by atoms with E-state index in [0.29, 0.717) is 5.56 Å². The van der Waals surface area contributed by atoms with Crippen LogP contribution in [-0.2, 0) is 0 Å². The topological polar surface area (TPSA) is 33.6 Å². The first-order valence-corrected chi connectivity index (χ1v) is 13.4. The van der Waals surface area contributed by atoms with Crippen molar-refractivity contribution in [3.63, 3.8) is 0 Å². The fourth-order valence-electron chi connectivity index (χ4n) is 6.24. The summed E-state index contributed by atoms with van der Waals surface area (Å²) in [6, 6.07) is 51.3. The van der Waals surface area contributed by atoms with Gasteiger partial charge < -0.3 is 9.13 Å². The van der Waals surface area contributed by atoms with E-state index in [1.54, 1.807) is 0 Å². The van der Waals surface area contributed by atoms with E-state index in [1.807, 2.05) is 18.2 Å². The number of para-hydroxylation sites is 3. The summed E-state index contributed by atoms with van der Waals surface area (Å²) in [4.78, 5) is 0. The van der Waals surface area contributed by atoms with Crippen molar-refractivity contribution in [1.82, 2.24) is 9.13 Å². The third-order valence-electron chi connectivity index (χ3n) is 7.93. The van der Waals surface area contributed by atoms with Crippen molar-refractivity contribution in [2.45, 2.75) is 0 Å². The predicted molar refractivity (Wildman–Crippen MR) is 165 cm³/mol. The summed E-state index contributed by atoms with van der Waals surface area (Å²) in [5.74, 6) is 0. The molecule has 0 saturated heterocycles. The number of nitrogens with zero attached hydrogens (tertiary/aromatic N) is 3. The van der Waals surface area contributed by atoms with Crippen LogP contribution in [0.2, 0.25) is 0 Å². The second-order valence-corrected chi connectivity index (χ2v) is 10.1. The summed E-state index contributed by atoms with van der Waals surface area (Å²) in [6.45, 7) is 0. The van der Waals surface area contributed by atoms with E-state index < -0.39 is 0 Å². The average Bonchev–Trinajstić information content (AvgIpc) is 3.54. The molecule has 0 atom stereocenters. The Balaban J connectivity index is 1.45. The van der Waals surface area contributed by atoms with Gasteiger partial charge in [0.05, 0.1) is 39.4 Å². The summed E-state index contributed by atoms with van der Waals surface area (Å²) >= 11 is 0. The van der Waals surface area contributed by atoms with Crippen molar-refractivity contribution in [2.24, 2.45) is 0 Å². The molecule has 0 amide bonds. The fourth-order valence-corrected chi connectivity index (χ4v) is 6.24. The summed E-state index contributed by atoms with van der Waals surface area (Å²) in [6.07, 6.45) is 0. The zero-order valence-corrected chi connectivity index (χ0v) is 21.6. The number of hydrogen-bond donors (Lipinski definition) is 0. The van der Waals surface area contributed by atoms with Crippen LogP contribution < -0.4 is 0 Å². The molecule has 0 unspecified atom stereocenters. The second-order valence-electron chi connectivity index (χ2n) is 10.1. The van der Waals surface area contributed by atoms with E-state index in [4.69, 9.17) is 0 Å². The Hall–Kier alpha value is -5.59. The molecule has 0 bridgehead atoms. The minimum atomic E-state index is 0.663. The van der Waals surface area contributed by atoms with Crippen LogP contribution >= 0.6 is 0 Å². The molecule has 6 aromatic carbocycles. The van der Waals surface area contributed by atoms with E-state index >= 15 is 0 Å². The lowest BCUT2D eigenvalue weighted by atomic mass is 10.0. The van der Waals surface area contributed by atoms with Gasteiger partial charge in [-0.1, -0.05) is 84.9 Å². The quantitative estimate of drug-likeness (QED) is 0.233. The summed E-state index contributed by atoms with van der Waals surface area (Å²) in [7, 11) is 0. The molecule has 0 spiro atoms. The number of hydrogen-bond acceptors (Lipinski definition) is 1. The zero-order valence-electron chi connectivity index (χ0n) is 21.6.